The molecule has 0 aliphatic heterocycles. The molecule has 1 fully saturated rings. The molecule has 17 heavy (non-hydrogen) atoms. The summed E-state index contributed by atoms with van der Waals surface area (Å²) in [5.74, 6) is -0.797. The maximum Gasteiger partial charge on any atom is 0.133 e. The third-order valence-electron chi connectivity index (χ3n) is 3.90. The van der Waals surface area contributed by atoms with E-state index in [1.807, 2.05) is 20.8 Å². The van der Waals surface area contributed by atoms with Crippen LogP contribution in [0.25, 0.3) is 0 Å². The first-order valence-corrected chi connectivity index (χ1v) is 6.14. The Morgan fingerprint density at radius 1 is 1.18 bits per heavy atom. The number of hydrogen-bond donors (Lipinski definition) is 1. The molecule has 1 saturated carbocycles. The molecule has 0 radical (unpaired) electrons. The lowest BCUT2D eigenvalue weighted by atomic mass is 9.86. The number of benzene rings is 1. The van der Waals surface area contributed by atoms with Gasteiger partial charge in [0.15, 0.2) is 0 Å². The third kappa shape index (κ3) is 1.86. The van der Waals surface area contributed by atoms with E-state index in [4.69, 9.17) is 5.73 Å². The maximum absolute atomic E-state index is 14.4. The van der Waals surface area contributed by atoms with Gasteiger partial charge >= 0.3 is 0 Å². The maximum atomic E-state index is 14.4. The zero-order chi connectivity index (χ0) is 12.8. The van der Waals surface area contributed by atoms with E-state index in [-0.39, 0.29) is 17.5 Å². The second kappa shape index (κ2) is 4.05. The lowest BCUT2D eigenvalue weighted by Crippen LogP contribution is -2.33. The average molecular weight is 239 g/mol. The van der Waals surface area contributed by atoms with Gasteiger partial charge in [0.25, 0.3) is 0 Å². The van der Waals surface area contributed by atoms with Gasteiger partial charge < -0.3 is 5.73 Å². The predicted molar refractivity (Wildman–Crippen MR) is 65.0 cm³/mol. The minimum atomic E-state index is -0.473. The van der Waals surface area contributed by atoms with Crippen molar-refractivity contribution in [1.29, 1.82) is 0 Å². The lowest BCUT2D eigenvalue weighted by molar-refractivity contribution is 0.465. The number of hydrogen-bond acceptors (Lipinski definition) is 1. The highest BCUT2D eigenvalue weighted by atomic mass is 19.1. The highest BCUT2D eigenvalue weighted by molar-refractivity contribution is 5.40. The molecule has 0 bridgehead atoms. The molecule has 1 aromatic rings. The smallest absolute Gasteiger partial charge is 0.133 e. The standard InChI is InChI=1S/C14H19F2N/c1-8(2)10-4-5-11(15)12(13(10)16)14(6-7-14)9(3)17/h4-5,8-9H,6-7,17H2,1-3H3. The van der Waals surface area contributed by atoms with E-state index in [1.165, 1.54) is 12.1 Å². The van der Waals surface area contributed by atoms with Gasteiger partial charge in [0, 0.05) is 17.0 Å². The Hall–Kier alpha value is -0.960. The predicted octanol–water partition coefficient (Wildman–Crippen LogP) is 3.47. The minimum absolute atomic E-state index is 0.0539. The molecule has 1 aliphatic carbocycles. The van der Waals surface area contributed by atoms with Gasteiger partial charge in [0.2, 0.25) is 0 Å². The Morgan fingerprint density at radius 2 is 1.76 bits per heavy atom. The van der Waals surface area contributed by atoms with Crippen LogP contribution in [-0.4, -0.2) is 6.04 Å². The summed E-state index contributed by atoms with van der Waals surface area (Å²) < 4.78 is 28.3. The van der Waals surface area contributed by atoms with Crippen LogP contribution in [0, 0.1) is 11.6 Å². The van der Waals surface area contributed by atoms with Gasteiger partial charge in [-0.1, -0.05) is 19.9 Å². The fourth-order valence-corrected chi connectivity index (χ4v) is 2.54. The van der Waals surface area contributed by atoms with Gasteiger partial charge in [-0.25, -0.2) is 8.78 Å². The molecule has 0 spiro atoms. The normalized spacial score (nSPS) is 19.5. The van der Waals surface area contributed by atoms with Gasteiger partial charge in [-0.15, -0.1) is 0 Å². The van der Waals surface area contributed by atoms with E-state index in [9.17, 15) is 8.78 Å². The topological polar surface area (TPSA) is 26.0 Å². The van der Waals surface area contributed by atoms with Crippen LogP contribution in [0.15, 0.2) is 12.1 Å². The highest BCUT2D eigenvalue weighted by Crippen LogP contribution is 2.52. The van der Waals surface area contributed by atoms with Crippen molar-refractivity contribution in [2.45, 2.75) is 51.0 Å². The Bertz CT molecular complexity index is 434. The largest absolute Gasteiger partial charge is 0.327 e. The van der Waals surface area contributed by atoms with Gasteiger partial charge in [-0.05, 0) is 37.3 Å². The molecule has 0 amide bonds. The van der Waals surface area contributed by atoms with E-state index in [0.717, 1.165) is 12.8 Å². The summed E-state index contributed by atoms with van der Waals surface area (Å²) >= 11 is 0. The molecule has 3 heteroatoms. The monoisotopic (exact) mass is 239 g/mol. The van der Waals surface area contributed by atoms with Crippen LogP contribution in [0.1, 0.15) is 50.7 Å². The van der Waals surface area contributed by atoms with Crippen molar-refractivity contribution in [3.8, 4) is 0 Å². The zero-order valence-electron chi connectivity index (χ0n) is 10.6. The fourth-order valence-electron chi connectivity index (χ4n) is 2.54. The Morgan fingerprint density at radius 3 is 2.18 bits per heavy atom. The molecule has 2 N–H and O–H groups in total. The Kier molecular flexibility index (Phi) is 2.98. The summed E-state index contributed by atoms with van der Waals surface area (Å²) in [5.41, 5.74) is 6.21. The summed E-state index contributed by atoms with van der Waals surface area (Å²) in [6, 6.07) is 2.70. The molecule has 1 aromatic carbocycles. The first-order chi connectivity index (χ1) is 7.90. The van der Waals surface area contributed by atoms with Crippen LogP contribution in [0.5, 0.6) is 0 Å². The molecule has 1 unspecified atom stereocenters. The van der Waals surface area contributed by atoms with Crippen molar-refractivity contribution in [3.63, 3.8) is 0 Å². The second-order valence-corrected chi connectivity index (χ2v) is 5.43. The average Bonchev–Trinajstić information content (AvgIpc) is 2.98. The third-order valence-corrected chi connectivity index (χ3v) is 3.90. The van der Waals surface area contributed by atoms with Crippen LogP contribution in [-0.2, 0) is 5.41 Å². The lowest BCUT2D eigenvalue weighted by Gasteiger charge is -2.23. The molecular formula is C14H19F2N. The molecule has 1 nitrogen and oxygen atoms in total. The van der Waals surface area contributed by atoms with Crippen molar-refractivity contribution in [3.05, 3.63) is 34.9 Å². The summed E-state index contributed by atoms with van der Waals surface area (Å²) in [4.78, 5) is 0. The van der Waals surface area contributed by atoms with Crippen molar-refractivity contribution < 1.29 is 8.78 Å². The molecule has 0 heterocycles. The first kappa shape index (κ1) is 12.5. The zero-order valence-corrected chi connectivity index (χ0v) is 10.6. The van der Waals surface area contributed by atoms with Crippen molar-refractivity contribution in [2.24, 2.45) is 5.73 Å². The summed E-state index contributed by atoms with van der Waals surface area (Å²) in [6.45, 7) is 5.64. The van der Waals surface area contributed by atoms with E-state index >= 15 is 0 Å². The summed E-state index contributed by atoms with van der Waals surface area (Å²) in [6.07, 6.45) is 1.56. The fraction of sp³-hybridized carbons (Fsp3) is 0.571. The van der Waals surface area contributed by atoms with Crippen LogP contribution < -0.4 is 5.73 Å². The highest BCUT2D eigenvalue weighted by Gasteiger charge is 2.51. The molecule has 1 aliphatic rings. The van der Waals surface area contributed by atoms with Crippen molar-refractivity contribution in [1.82, 2.24) is 0 Å². The van der Waals surface area contributed by atoms with Crippen molar-refractivity contribution in [2.75, 3.05) is 0 Å². The molecular weight excluding hydrogens is 220 g/mol. The van der Waals surface area contributed by atoms with Gasteiger partial charge in [-0.2, -0.15) is 0 Å². The molecule has 94 valence electrons. The van der Waals surface area contributed by atoms with Crippen LogP contribution >= 0.6 is 0 Å². The SMILES string of the molecule is CC(C)c1ccc(F)c(C2(C(C)N)CC2)c1F. The quantitative estimate of drug-likeness (QED) is 0.858. The molecule has 1 atom stereocenters. The molecule has 2 rings (SSSR count). The Balaban J connectivity index is 2.57. The van der Waals surface area contributed by atoms with Crippen molar-refractivity contribution >= 4 is 0 Å². The minimum Gasteiger partial charge on any atom is -0.327 e. The number of nitrogens with two attached hydrogens (primary N) is 1. The van der Waals surface area contributed by atoms with E-state index in [1.54, 1.807) is 0 Å². The van der Waals surface area contributed by atoms with Gasteiger partial charge in [0.05, 0.1) is 0 Å². The van der Waals surface area contributed by atoms with Crippen LogP contribution in [0.4, 0.5) is 8.78 Å². The second-order valence-electron chi connectivity index (χ2n) is 5.43. The van der Waals surface area contributed by atoms with Crippen LogP contribution in [0.2, 0.25) is 0 Å². The number of halogens is 2. The van der Waals surface area contributed by atoms with E-state index in [0.29, 0.717) is 5.56 Å². The first-order valence-electron chi connectivity index (χ1n) is 6.14. The molecule has 0 aromatic heterocycles. The number of rotatable bonds is 3. The van der Waals surface area contributed by atoms with Gasteiger partial charge in [0.1, 0.15) is 11.6 Å². The van der Waals surface area contributed by atoms with Gasteiger partial charge in [-0.3, -0.25) is 0 Å². The Labute approximate surface area is 101 Å². The summed E-state index contributed by atoms with van der Waals surface area (Å²) in [5, 5.41) is 0. The molecule has 0 saturated heterocycles. The van der Waals surface area contributed by atoms with Crippen LogP contribution in [0.3, 0.4) is 0 Å². The van der Waals surface area contributed by atoms with E-state index in [2.05, 4.69) is 0 Å². The van der Waals surface area contributed by atoms with E-state index < -0.39 is 17.0 Å². The summed E-state index contributed by atoms with van der Waals surface area (Å²) in [7, 11) is 0.